The smallest absolute Gasteiger partial charge is 0.156 e. The highest BCUT2D eigenvalue weighted by atomic mass is 16.3. The minimum atomic E-state index is 0.193. The number of benzene rings is 2. The van der Waals surface area contributed by atoms with Gasteiger partial charge in [0.05, 0.1) is 5.69 Å². The van der Waals surface area contributed by atoms with E-state index in [1.54, 1.807) is 54.6 Å². The molecule has 0 fully saturated rings. The lowest BCUT2D eigenvalue weighted by atomic mass is 10.2. The van der Waals surface area contributed by atoms with Crippen molar-refractivity contribution in [3.05, 3.63) is 60.7 Å². The van der Waals surface area contributed by atoms with Gasteiger partial charge >= 0.3 is 0 Å². The molecule has 116 valence electrons. The minimum absolute atomic E-state index is 0.193. The fourth-order valence-electron chi connectivity index (χ4n) is 2.05. The molecule has 0 atom stereocenters. The molecule has 0 spiro atoms. The summed E-state index contributed by atoms with van der Waals surface area (Å²) in [6, 6.07) is 16.9. The van der Waals surface area contributed by atoms with Crippen molar-refractivity contribution < 1.29 is 10.2 Å². The number of nitrogens with two attached hydrogens (primary N) is 1. The second-order valence-electron chi connectivity index (χ2n) is 4.98. The number of aromatic nitrogens is 1. The van der Waals surface area contributed by atoms with Gasteiger partial charge in [0.15, 0.2) is 5.82 Å². The summed E-state index contributed by atoms with van der Waals surface area (Å²) in [4.78, 5) is 4.30. The van der Waals surface area contributed by atoms with Crippen LogP contribution in [0.5, 0.6) is 11.5 Å². The molecule has 0 aliphatic carbocycles. The van der Waals surface area contributed by atoms with Crippen molar-refractivity contribution in [2.24, 2.45) is 0 Å². The summed E-state index contributed by atoms with van der Waals surface area (Å²) < 4.78 is 0. The Morgan fingerprint density at radius 3 is 1.78 bits per heavy atom. The first-order valence-electron chi connectivity index (χ1n) is 6.99. The van der Waals surface area contributed by atoms with Crippen LogP contribution in [0.15, 0.2) is 60.7 Å². The fourth-order valence-corrected chi connectivity index (χ4v) is 2.05. The molecule has 6 nitrogen and oxygen atoms in total. The third kappa shape index (κ3) is 3.62. The van der Waals surface area contributed by atoms with Crippen molar-refractivity contribution in [2.45, 2.75) is 0 Å². The number of nitrogens with one attached hydrogen (secondary N) is 2. The Morgan fingerprint density at radius 1 is 0.696 bits per heavy atom. The summed E-state index contributed by atoms with van der Waals surface area (Å²) in [6.45, 7) is 0. The van der Waals surface area contributed by atoms with Gasteiger partial charge in [0.2, 0.25) is 0 Å². The summed E-state index contributed by atoms with van der Waals surface area (Å²) in [5.74, 6) is 1.35. The number of phenolic OH excluding ortho intramolecular Hbond substituents is 2. The van der Waals surface area contributed by atoms with Gasteiger partial charge in [0.1, 0.15) is 17.3 Å². The van der Waals surface area contributed by atoms with E-state index < -0.39 is 0 Å². The molecular weight excluding hydrogens is 292 g/mol. The van der Waals surface area contributed by atoms with E-state index in [-0.39, 0.29) is 11.5 Å². The minimum Gasteiger partial charge on any atom is -0.508 e. The number of nitrogen functional groups attached to an aromatic ring is 1. The van der Waals surface area contributed by atoms with Gasteiger partial charge in [-0.05, 0) is 60.7 Å². The molecule has 0 radical (unpaired) electrons. The lowest BCUT2D eigenvalue weighted by Crippen LogP contribution is -2.02. The second-order valence-corrected chi connectivity index (χ2v) is 4.98. The Kier molecular flexibility index (Phi) is 3.88. The van der Waals surface area contributed by atoms with Crippen molar-refractivity contribution in [3.8, 4) is 11.5 Å². The lowest BCUT2D eigenvalue weighted by Gasteiger charge is -2.14. The molecule has 0 unspecified atom stereocenters. The van der Waals surface area contributed by atoms with Gasteiger partial charge in [0.25, 0.3) is 0 Å². The number of nitrogens with zero attached hydrogens (tertiary/aromatic N) is 1. The normalized spacial score (nSPS) is 10.3. The molecule has 0 bridgehead atoms. The van der Waals surface area contributed by atoms with Crippen LogP contribution in [0.2, 0.25) is 0 Å². The highest BCUT2D eigenvalue weighted by molar-refractivity contribution is 5.76. The predicted octanol–water partition coefficient (Wildman–Crippen LogP) is 3.56. The van der Waals surface area contributed by atoms with Crippen LogP contribution in [0.25, 0.3) is 0 Å². The first-order valence-corrected chi connectivity index (χ1v) is 6.99. The molecule has 0 amide bonds. The Bertz CT molecular complexity index is 802. The number of pyridine rings is 1. The van der Waals surface area contributed by atoms with E-state index in [2.05, 4.69) is 15.6 Å². The van der Waals surface area contributed by atoms with Crippen LogP contribution in [0.3, 0.4) is 0 Å². The van der Waals surface area contributed by atoms with Crippen molar-refractivity contribution in [1.82, 2.24) is 4.98 Å². The van der Waals surface area contributed by atoms with Crippen LogP contribution >= 0.6 is 0 Å². The summed E-state index contributed by atoms with van der Waals surface area (Å²) in [5, 5.41) is 25.1. The van der Waals surface area contributed by atoms with Gasteiger partial charge in [-0.1, -0.05) is 0 Å². The molecule has 2 aromatic carbocycles. The number of hydrogen-bond donors (Lipinski definition) is 5. The Hall–Kier alpha value is -3.41. The molecule has 1 aromatic heterocycles. The average Bonchev–Trinajstić information content (AvgIpc) is 2.54. The highest BCUT2D eigenvalue weighted by Crippen LogP contribution is 2.28. The monoisotopic (exact) mass is 308 g/mol. The van der Waals surface area contributed by atoms with Gasteiger partial charge < -0.3 is 26.6 Å². The third-order valence-electron chi connectivity index (χ3n) is 3.19. The van der Waals surface area contributed by atoms with Gasteiger partial charge in [-0.25, -0.2) is 4.98 Å². The van der Waals surface area contributed by atoms with Crippen molar-refractivity contribution in [1.29, 1.82) is 0 Å². The van der Waals surface area contributed by atoms with Crippen molar-refractivity contribution in [2.75, 3.05) is 16.4 Å². The van der Waals surface area contributed by atoms with E-state index in [9.17, 15) is 10.2 Å². The zero-order chi connectivity index (χ0) is 16.2. The maximum Gasteiger partial charge on any atom is 0.156 e. The molecule has 23 heavy (non-hydrogen) atoms. The Labute approximate surface area is 133 Å². The largest absolute Gasteiger partial charge is 0.508 e. The summed E-state index contributed by atoms with van der Waals surface area (Å²) in [7, 11) is 0. The van der Waals surface area contributed by atoms with Crippen LogP contribution in [-0.4, -0.2) is 15.2 Å². The molecule has 0 saturated carbocycles. The van der Waals surface area contributed by atoms with Crippen LogP contribution < -0.4 is 16.4 Å². The number of anilines is 5. The van der Waals surface area contributed by atoms with E-state index >= 15 is 0 Å². The zero-order valence-electron chi connectivity index (χ0n) is 12.2. The van der Waals surface area contributed by atoms with E-state index in [4.69, 9.17) is 5.73 Å². The number of phenols is 2. The Balaban J connectivity index is 1.88. The molecular formula is C17H16N4O2. The Morgan fingerprint density at radius 2 is 1.22 bits per heavy atom. The van der Waals surface area contributed by atoms with Gasteiger partial charge in [-0.3, -0.25) is 0 Å². The average molecular weight is 308 g/mol. The van der Waals surface area contributed by atoms with Crippen LogP contribution in [0, 0.1) is 0 Å². The maximum absolute atomic E-state index is 9.34. The topological polar surface area (TPSA) is 103 Å². The molecule has 0 aliphatic heterocycles. The van der Waals surface area contributed by atoms with Gasteiger partial charge in [-0.15, -0.1) is 0 Å². The number of rotatable bonds is 4. The molecule has 0 saturated heterocycles. The summed E-state index contributed by atoms with van der Waals surface area (Å²) in [6.07, 6.45) is 0. The first kappa shape index (κ1) is 14.5. The van der Waals surface area contributed by atoms with E-state index in [0.29, 0.717) is 11.6 Å². The summed E-state index contributed by atoms with van der Waals surface area (Å²) >= 11 is 0. The SMILES string of the molecule is Nc1ccc(Nc2ccc(O)cc2)c(Nc2ccc(O)cc2)n1. The molecule has 6 heteroatoms. The van der Waals surface area contributed by atoms with Crippen LogP contribution in [0.1, 0.15) is 0 Å². The number of aromatic hydroxyl groups is 2. The maximum atomic E-state index is 9.34. The quantitative estimate of drug-likeness (QED) is 0.472. The summed E-state index contributed by atoms with van der Waals surface area (Å²) in [5.41, 5.74) is 8.08. The lowest BCUT2D eigenvalue weighted by molar-refractivity contribution is 0.475. The van der Waals surface area contributed by atoms with Crippen LogP contribution in [-0.2, 0) is 0 Å². The van der Waals surface area contributed by atoms with Gasteiger partial charge in [0, 0.05) is 11.4 Å². The predicted molar refractivity (Wildman–Crippen MR) is 91.4 cm³/mol. The molecule has 3 aromatic rings. The van der Waals surface area contributed by atoms with Crippen molar-refractivity contribution >= 4 is 28.7 Å². The zero-order valence-corrected chi connectivity index (χ0v) is 12.2. The first-order chi connectivity index (χ1) is 11.1. The molecule has 1 heterocycles. The number of hydrogen-bond acceptors (Lipinski definition) is 6. The third-order valence-corrected chi connectivity index (χ3v) is 3.19. The molecule has 3 rings (SSSR count). The fraction of sp³-hybridized carbons (Fsp3) is 0. The molecule has 6 N–H and O–H groups in total. The van der Waals surface area contributed by atoms with E-state index in [1.165, 1.54) is 0 Å². The van der Waals surface area contributed by atoms with Gasteiger partial charge in [-0.2, -0.15) is 0 Å². The van der Waals surface area contributed by atoms with Crippen LogP contribution in [0.4, 0.5) is 28.7 Å². The standard InChI is InChI=1S/C17H16N4O2/c18-16-10-9-15(19-11-1-5-13(22)6-2-11)17(21-16)20-12-3-7-14(23)8-4-12/h1-10,19,22-23H,(H3,18,20,21). The highest BCUT2D eigenvalue weighted by Gasteiger charge is 2.06. The van der Waals surface area contributed by atoms with E-state index in [0.717, 1.165) is 17.1 Å². The second kappa shape index (κ2) is 6.15. The van der Waals surface area contributed by atoms with Crippen molar-refractivity contribution in [3.63, 3.8) is 0 Å². The molecule has 0 aliphatic rings. The van der Waals surface area contributed by atoms with E-state index in [1.807, 2.05) is 6.07 Å².